The molecule has 3 heteroatoms. The third kappa shape index (κ3) is 6.07. The molecule has 1 aliphatic heterocycles. The molecule has 22 heavy (non-hydrogen) atoms. The van der Waals surface area contributed by atoms with Crippen LogP contribution in [0.2, 0.25) is 0 Å². The van der Waals surface area contributed by atoms with Crippen molar-refractivity contribution in [1.29, 1.82) is 0 Å². The van der Waals surface area contributed by atoms with Gasteiger partial charge in [-0.2, -0.15) is 0 Å². The molecule has 3 atom stereocenters. The summed E-state index contributed by atoms with van der Waals surface area (Å²) in [6, 6.07) is 11.1. The van der Waals surface area contributed by atoms with E-state index in [2.05, 4.69) is 56.4 Å². The van der Waals surface area contributed by atoms with Crippen LogP contribution in [0.15, 0.2) is 30.3 Å². The SMILES string of the molecule is CC(CC[C@@H]1CCCO[C@@H]1OC(C)C)NCc1ccccc1. The molecular formula is C19H31NO2. The van der Waals surface area contributed by atoms with Gasteiger partial charge >= 0.3 is 0 Å². The van der Waals surface area contributed by atoms with Crippen LogP contribution in [-0.2, 0) is 16.0 Å². The van der Waals surface area contributed by atoms with Crippen molar-refractivity contribution in [3.05, 3.63) is 35.9 Å². The predicted octanol–water partition coefficient (Wildman–Crippen LogP) is 4.12. The molecule has 1 aliphatic rings. The van der Waals surface area contributed by atoms with E-state index in [0.717, 1.165) is 19.6 Å². The maximum absolute atomic E-state index is 5.92. The van der Waals surface area contributed by atoms with Crippen LogP contribution in [0.4, 0.5) is 0 Å². The fourth-order valence-electron chi connectivity index (χ4n) is 2.97. The van der Waals surface area contributed by atoms with Gasteiger partial charge in [0.05, 0.1) is 6.10 Å². The highest BCUT2D eigenvalue weighted by Gasteiger charge is 2.27. The minimum atomic E-state index is -0.00456. The highest BCUT2D eigenvalue weighted by molar-refractivity contribution is 5.14. The third-order valence-electron chi connectivity index (χ3n) is 4.26. The van der Waals surface area contributed by atoms with Crippen LogP contribution in [-0.4, -0.2) is 25.0 Å². The highest BCUT2D eigenvalue weighted by Crippen LogP contribution is 2.27. The van der Waals surface area contributed by atoms with Gasteiger partial charge in [-0.1, -0.05) is 30.3 Å². The Labute approximate surface area is 135 Å². The lowest BCUT2D eigenvalue weighted by molar-refractivity contribution is -0.210. The summed E-state index contributed by atoms with van der Waals surface area (Å²) in [5, 5.41) is 3.61. The molecule has 1 saturated heterocycles. The third-order valence-corrected chi connectivity index (χ3v) is 4.26. The molecule has 0 aromatic heterocycles. The topological polar surface area (TPSA) is 30.5 Å². The normalized spacial score (nSPS) is 23.6. The first-order valence-corrected chi connectivity index (χ1v) is 8.69. The standard InChI is InChI=1S/C19H31NO2/c1-15(2)22-19-18(10-7-13-21-19)12-11-16(3)20-14-17-8-5-4-6-9-17/h4-6,8-9,15-16,18-20H,7,10-14H2,1-3H3/t16?,18-,19+/m0/s1. The van der Waals surface area contributed by atoms with Crippen molar-refractivity contribution in [2.24, 2.45) is 5.92 Å². The molecule has 1 fully saturated rings. The summed E-state index contributed by atoms with van der Waals surface area (Å²) in [6.45, 7) is 8.22. The number of hydrogen-bond donors (Lipinski definition) is 1. The van der Waals surface area contributed by atoms with Crippen LogP contribution in [0.1, 0.15) is 52.0 Å². The Kier molecular flexibility index (Phi) is 7.37. The smallest absolute Gasteiger partial charge is 0.160 e. The minimum Gasteiger partial charge on any atom is -0.352 e. The monoisotopic (exact) mass is 305 g/mol. The van der Waals surface area contributed by atoms with Gasteiger partial charge in [0.15, 0.2) is 6.29 Å². The number of hydrogen-bond acceptors (Lipinski definition) is 3. The molecule has 1 N–H and O–H groups in total. The zero-order valence-corrected chi connectivity index (χ0v) is 14.3. The summed E-state index contributed by atoms with van der Waals surface area (Å²) < 4.78 is 11.7. The molecule has 0 amide bonds. The van der Waals surface area contributed by atoms with Crippen LogP contribution >= 0.6 is 0 Å². The van der Waals surface area contributed by atoms with Crippen molar-refractivity contribution in [3.63, 3.8) is 0 Å². The molecule has 0 radical (unpaired) electrons. The maximum atomic E-state index is 5.92. The fraction of sp³-hybridized carbons (Fsp3) is 0.684. The van der Waals surface area contributed by atoms with Gasteiger partial charge in [-0.05, 0) is 52.0 Å². The van der Waals surface area contributed by atoms with Crippen molar-refractivity contribution < 1.29 is 9.47 Å². The minimum absolute atomic E-state index is 0.00456. The van der Waals surface area contributed by atoms with E-state index in [1.807, 2.05) is 0 Å². The number of rotatable bonds is 8. The van der Waals surface area contributed by atoms with Crippen LogP contribution in [0, 0.1) is 5.92 Å². The van der Waals surface area contributed by atoms with E-state index in [1.54, 1.807) is 0 Å². The lowest BCUT2D eigenvalue weighted by Gasteiger charge is -2.33. The van der Waals surface area contributed by atoms with Gasteiger partial charge in [0.2, 0.25) is 0 Å². The zero-order valence-electron chi connectivity index (χ0n) is 14.3. The molecule has 2 rings (SSSR count). The molecule has 0 saturated carbocycles. The van der Waals surface area contributed by atoms with Gasteiger partial charge < -0.3 is 14.8 Å². The Hall–Kier alpha value is -0.900. The molecule has 1 aromatic rings. The number of nitrogens with one attached hydrogen (secondary N) is 1. The average Bonchev–Trinajstić information content (AvgIpc) is 2.52. The Bertz CT molecular complexity index is 407. The van der Waals surface area contributed by atoms with Gasteiger partial charge in [0.1, 0.15) is 0 Å². The van der Waals surface area contributed by atoms with Crippen molar-refractivity contribution >= 4 is 0 Å². The lowest BCUT2D eigenvalue weighted by atomic mass is 9.93. The predicted molar refractivity (Wildman–Crippen MR) is 90.7 cm³/mol. The summed E-state index contributed by atoms with van der Waals surface area (Å²) in [6.07, 6.45) is 4.95. The zero-order chi connectivity index (χ0) is 15.8. The van der Waals surface area contributed by atoms with Gasteiger partial charge in [-0.3, -0.25) is 0 Å². The Morgan fingerprint density at radius 1 is 1.23 bits per heavy atom. The van der Waals surface area contributed by atoms with E-state index >= 15 is 0 Å². The van der Waals surface area contributed by atoms with Crippen molar-refractivity contribution in [1.82, 2.24) is 5.32 Å². The molecule has 0 bridgehead atoms. The van der Waals surface area contributed by atoms with Crippen LogP contribution in [0.25, 0.3) is 0 Å². The Balaban J connectivity index is 1.71. The van der Waals surface area contributed by atoms with Crippen LogP contribution < -0.4 is 5.32 Å². The van der Waals surface area contributed by atoms with Gasteiger partial charge in [0.25, 0.3) is 0 Å². The molecular weight excluding hydrogens is 274 g/mol. The molecule has 0 spiro atoms. The summed E-state index contributed by atoms with van der Waals surface area (Å²) in [4.78, 5) is 0. The van der Waals surface area contributed by atoms with Gasteiger partial charge in [-0.15, -0.1) is 0 Å². The first-order chi connectivity index (χ1) is 10.6. The van der Waals surface area contributed by atoms with E-state index in [9.17, 15) is 0 Å². The largest absolute Gasteiger partial charge is 0.352 e. The second-order valence-electron chi connectivity index (χ2n) is 6.67. The highest BCUT2D eigenvalue weighted by atomic mass is 16.7. The van der Waals surface area contributed by atoms with E-state index in [0.29, 0.717) is 12.0 Å². The molecule has 1 heterocycles. The molecule has 0 aliphatic carbocycles. The Morgan fingerprint density at radius 2 is 2.00 bits per heavy atom. The second-order valence-corrected chi connectivity index (χ2v) is 6.67. The summed E-state index contributed by atoms with van der Waals surface area (Å²) >= 11 is 0. The van der Waals surface area contributed by atoms with Crippen LogP contribution in [0.3, 0.4) is 0 Å². The molecule has 3 nitrogen and oxygen atoms in total. The quantitative estimate of drug-likeness (QED) is 0.783. The van der Waals surface area contributed by atoms with Crippen LogP contribution in [0.5, 0.6) is 0 Å². The first-order valence-electron chi connectivity index (χ1n) is 8.69. The maximum Gasteiger partial charge on any atom is 0.160 e. The number of ether oxygens (including phenoxy) is 2. The Morgan fingerprint density at radius 3 is 2.73 bits per heavy atom. The van der Waals surface area contributed by atoms with Crippen molar-refractivity contribution in [2.45, 2.75) is 71.4 Å². The second kappa shape index (κ2) is 9.29. The summed E-state index contributed by atoms with van der Waals surface area (Å²) in [5.41, 5.74) is 1.34. The summed E-state index contributed by atoms with van der Waals surface area (Å²) in [5.74, 6) is 0.539. The van der Waals surface area contributed by atoms with Crippen molar-refractivity contribution in [3.8, 4) is 0 Å². The van der Waals surface area contributed by atoms with E-state index in [4.69, 9.17) is 9.47 Å². The molecule has 124 valence electrons. The van der Waals surface area contributed by atoms with E-state index in [-0.39, 0.29) is 12.4 Å². The average molecular weight is 305 g/mol. The fourth-order valence-corrected chi connectivity index (χ4v) is 2.97. The van der Waals surface area contributed by atoms with E-state index < -0.39 is 0 Å². The summed E-state index contributed by atoms with van der Waals surface area (Å²) in [7, 11) is 0. The molecule has 1 unspecified atom stereocenters. The molecule has 1 aromatic carbocycles. The number of benzene rings is 1. The van der Waals surface area contributed by atoms with Gasteiger partial charge in [0, 0.05) is 25.1 Å². The first kappa shape index (κ1) is 17.5. The van der Waals surface area contributed by atoms with Gasteiger partial charge in [-0.25, -0.2) is 0 Å². The van der Waals surface area contributed by atoms with Crippen molar-refractivity contribution in [2.75, 3.05) is 6.61 Å². The van der Waals surface area contributed by atoms with E-state index in [1.165, 1.54) is 24.8 Å². The lowest BCUT2D eigenvalue weighted by Crippen LogP contribution is -2.35.